The van der Waals surface area contributed by atoms with E-state index in [1.165, 1.54) is 6.20 Å². The fraction of sp³-hybridized carbons (Fsp3) is 0.533. The number of hydrogen-bond donors (Lipinski definition) is 0. The normalized spacial score (nSPS) is 16.8. The Bertz CT molecular complexity index is 2410. The Morgan fingerprint density at radius 3 is 2.11 bits per heavy atom. The van der Waals surface area contributed by atoms with Crippen LogP contribution in [0.2, 0.25) is 51.4 Å². The van der Waals surface area contributed by atoms with E-state index >= 15 is 8.78 Å². The van der Waals surface area contributed by atoms with Crippen LogP contribution >= 0.6 is 0 Å². The number of benzene rings is 2. The maximum absolute atomic E-state index is 17.0. The topological polar surface area (TPSA) is 127 Å². The van der Waals surface area contributed by atoms with Crippen LogP contribution in [0.5, 0.6) is 0 Å². The number of anilines is 2. The first-order valence-electron chi connectivity index (χ1n) is 21.8. The van der Waals surface area contributed by atoms with E-state index in [0.29, 0.717) is 59.7 Å². The minimum atomic E-state index is -4.57. The summed E-state index contributed by atoms with van der Waals surface area (Å²) < 4.78 is 95.8. The second kappa shape index (κ2) is 19.7. The predicted octanol–water partition coefficient (Wildman–Crippen LogP) is 8.99. The Kier molecular flexibility index (Phi) is 15.1. The molecule has 2 aliphatic heterocycles. The molecule has 0 radical (unpaired) electrons. The van der Waals surface area contributed by atoms with E-state index in [1.807, 2.05) is 45.0 Å². The van der Waals surface area contributed by atoms with Crippen molar-refractivity contribution >= 4 is 60.6 Å². The van der Waals surface area contributed by atoms with Gasteiger partial charge in [0.1, 0.15) is 36.7 Å². The lowest BCUT2D eigenvalue weighted by atomic mass is 9.99. The van der Waals surface area contributed by atoms with Gasteiger partial charge in [0, 0.05) is 97.7 Å². The van der Waals surface area contributed by atoms with Crippen molar-refractivity contribution in [3.8, 4) is 11.1 Å². The Labute approximate surface area is 377 Å². The molecule has 0 unspecified atom stereocenters. The minimum absolute atomic E-state index is 0.0215. The molecule has 1 atom stereocenters. The molecule has 6 rings (SSSR count). The number of alkyl halides is 1. The summed E-state index contributed by atoms with van der Waals surface area (Å²) in [6.45, 7) is 20.3. The van der Waals surface area contributed by atoms with Crippen LogP contribution in [0.25, 0.3) is 22.2 Å². The first kappa shape index (κ1) is 49.2. The lowest BCUT2D eigenvalue weighted by Gasteiger charge is -2.36. The van der Waals surface area contributed by atoms with Crippen LogP contribution in [0.15, 0.2) is 54.9 Å². The third-order valence-electron chi connectivity index (χ3n) is 11.2. The predicted molar refractivity (Wildman–Crippen MR) is 251 cm³/mol. The SMILES string of the molecule is CC(C)(C)OC(=O)N1CCN(c2ccc(-c3cnc4c(c3)c(C(=O)c3c(F)ccc(N(COCC[Si](C)(C)C)S(=O)(=O)N5CC[C@@H](F)C5)c3F)cn4COCC[Si](C)(C)C)cc2)CC1. The smallest absolute Gasteiger partial charge is 0.410 e. The van der Waals surface area contributed by atoms with E-state index in [-0.39, 0.29) is 38.0 Å². The van der Waals surface area contributed by atoms with Crippen LogP contribution in [0.4, 0.5) is 29.3 Å². The summed E-state index contributed by atoms with van der Waals surface area (Å²) in [5.41, 5.74) is 0.530. The molecule has 4 heterocycles. The number of carbonyl (C=O) groups is 2. The number of pyridine rings is 1. The Morgan fingerprint density at radius 1 is 0.875 bits per heavy atom. The zero-order valence-corrected chi connectivity index (χ0v) is 41.4. The number of ether oxygens (including phenoxy) is 3. The number of piperazine rings is 1. The average molecular weight is 945 g/mol. The van der Waals surface area contributed by atoms with E-state index in [1.54, 1.807) is 21.7 Å². The van der Waals surface area contributed by atoms with Gasteiger partial charge in [0.25, 0.3) is 0 Å². The molecule has 13 nitrogen and oxygen atoms in total. The second-order valence-corrected chi connectivity index (χ2v) is 33.1. The molecule has 2 aromatic carbocycles. The lowest BCUT2D eigenvalue weighted by Crippen LogP contribution is -2.50. The first-order valence-corrected chi connectivity index (χ1v) is 30.7. The van der Waals surface area contributed by atoms with Gasteiger partial charge in [-0.15, -0.1) is 0 Å². The Morgan fingerprint density at radius 2 is 1.52 bits per heavy atom. The third kappa shape index (κ3) is 12.1. The molecule has 64 heavy (non-hydrogen) atoms. The summed E-state index contributed by atoms with van der Waals surface area (Å²) >= 11 is 0. The zero-order valence-electron chi connectivity index (χ0n) is 38.5. The molecule has 0 spiro atoms. The highest BCUT2D eigenvalue weighted by atomic mass is 32.2. The van der Waals surface area contributed by atoms with Gasteiger partial charge in [-0.1, -0.05) is 51.4 Å². The lowest BCUT2D eigenvalue weighted by molar-refractivity contribution is 0.0240. The summed E-state index contributed by atoms with van der Waals surface area (Å²) in [5.74, 6) is -3.60. The number of rotatable bonds is 17. The zero-order chi connectivity index (χ0) is 46.8. The van der Waals surface area contributed by atoms with Gasteiger partial charge in [0.05, 0.1) is 16.8 Å². The van der Waals surface area contributed by atoms with Crippen molar-refractivity contribution in [2.24, 2.45) is 0 Å². The molecule has 2 aromatic heterocycles. The highest BCUT2D eigenvalue weighted by Gasteiger charge is 2.39. The van der Waals surface area contributed by atoms with Gasteiger partial charge in [-0.05, 0) is 75.2 Å². The highest BCUT2D eigenvalue weighted by Crippen LogP contribution is 2.34. The molecule has 19 heteroatoms. The van der Waals surface area contributed by atoms with Crippen molar-refractivity contribution in [1.29, 1.82) is 0 Å². The molecule has 0 aliphatic carbocycles. The molecule has 0 bridgehead atoms. The van der Waals surface area contributed by atoms with Crippen LogP contribution < -0.4 is 9.21 Å². The Hall–Kier alpha value is -4.28. The van der Waals surface area contributed by atoms with E-state index in [4.69, 9.17) is 19.2 Å². The van der Waals surface area contributed by atoms with Gasteiger partial charge in [-0.25, -0.2) is 27.3 Å². The molecule has 350 valence electrons. The molecular weight excluding hydrogens is 882 g/mol. The van der Waals surface area contributed by atoms with Gasteiger partial charge in [0.15, 0.2) is 5.82 Å². The Balaban J connectivity index is 1.33. The number of ketones is 1. The third-order valence-corrected chi connectivity index (χ3v) is 16.4. The van der Waals surface area contributed by atoms with Crippen LogP contribution in [0.1, 0.15) is 43.1 Å². The number of aromatic nitrogens is 2. The molecule has 0 N–H and O–H groups in total. The van der Waals surface area contributed by atoms with Crippen LogP contribution in [0, 0.1) is 11.6 Å². The first-order chi connectivity index (χ1) is 29.9. The van der Waals surface area contributed by atoms with Gasteiger partial charge in [0.2, 0.25) is 5.78 Å². The number of nitrogens with zero attached hydrogens (tertiary/aromatic N) is 6. The summed E-state index contributed by atoms with van der Waals surface area (Å²) in [4.78, 5) is 35.8. The van der Waals surface area contributed by atoms with E-state index in [0.717, 1.165) is 33.7 Å². The van der Waals surface area contributed by atoms with Crippen LogP contribution in [-0.2, 0) is 31.2 Å². The number of halogens is 3. The number of fused-ring (bicyclic) bond motifs is 1. The molecule has 2 aliphatic rings. The van der Waals surface area contributed by atoms with E-state index in [2.05, 4.69) is 44.2 Å². The molecule has 1 amide bonds. The standard InChI is InChI=1S/C45H63F3N6O7SSi2/c1-45(2,3)61-44(56)51-20-18-50(19-21-51)35-12-10-32(11-13-35)33-26-36-37(29-52(43(36)49-27-33)30-59-22-24-63(4,5)6)42(55)40-38(47)14-15-39(41(40)48)54(31-60-23-25-64(7,8)9)62(57,58)53-17-16-34(46)28-53/h10-15,26-27,29,34H,16-25,28,30-31H2,1-9H3/t34-/m1/s1. The average Bonchev–Trinajstić information content (AvgIpc) is 3.82. The minimum Gasteiger partial charge on any atom is -0.444 e. The number of carbonyl (C=O) groups excluding carboxylic acids is 2. The van der Waals surface area contributed by atoms with Crippen molar-refractivity contribution in [3.05, 3.63) is 77.6 Å². The second-order valence-electron chi connectivity index (χ2n) is 20.0. The molecule has 2 fully saturated rings. The van der Waals surface area contributed by atoms with Gasteiger partial charge in [-0.2, -0.15) is 12.7 Å². The number of amides is 1. The van der Waals surface area contributed by atoms with Crippen LogP contribution in [0.3, 0.4) is 0 Å². The van der Waals surface area contributed by atoms with Crippen molar-refractivity contribution in [2.45, 2.75) is 97.1 Å². The molecule has 4 aromatic rings. The van der Waals surface area contributed by atoms with E-state index < -0.39 is 80.1 Å². The van der Waals surface area contributed by atoms with Gasteiger partial charge in [-0.3, -0.25) is 4.79 Å². The molecule has 2 saturated heterocycles. The maximum atomic E-state index is 17.0. The van der Waals surface area contributed by atoms with Gasteiger partial charge >= 0.3 is 16.3 Å². The fourth-order valence-corrected chi connectivity index (χ4v) is 10.5. The molecular formula is C45H63F3N6O7SSi2. The molecule has 0 saturated carbocycles. The summed E-state index contributed by atoms with van der Waals surface area (Å²) in [7, 11) is -7.62. The summed E-state index contributed by atoms with van der Waals surface area (Å²) in [6.07, 6.45) is 1.36. The maximum Gasteiger partial charge on any atom is 0.410 e. The van der Waals surface area contributed by atoms with Crippen molar-refractivity contribution < 1.29 is 45.4 Å². The number of hydrogen-bond acceptors (Lipinski definition) is 9. The fourth-order valence-electron chi connectivity index (χ4n) is 7.39. The van der Waals surface area contributed by atoms with Crippen LogP contribution in [-0.4, -0.2) is 126 Å². The van der Waals surface area contributed by atoms with Crippen molar-refractivity contribution in [2.75, 3.05) is 68.4 Å². The van der Waals surface area contributed by atoms with Crippen molar-refractivity contribution in [1.82, 2.24) is 18.8 Å². The largest absolute Gasteiger partial charge is 0.444 e. The van der Waals surface area contributed by atoms with E-state index in [9.17, 15) is 22.4 Å². The highest BCUT2D eigenvalue weighted by molar-refractivity contribution is 7.90. The van der Waals surface area contributed by atoms with Crippen molar-refractivity contribution in [3.63, 3.8) is 0 Å². The monoisotopic (exact) mass is 944 g/mol. The summed E-state index contributed by atoms with van der Waals surface area (Å²) in [6, 6.07) is 12.9. The quantitative estimate of drug-likeness (QED) is 0.0441. The van der Waals surface area contributed by atoms with Gasteiger partial charge < -0.3 is 28.6 Å². The summed E-state index contributed by atoms with van der Waals surface area (Å²) in [5, 5.41) is 0.313.